The molecule has 1 saturated heterocycles. The number of ether oxygens (including phenoxy) is 1. The predicted molar refractivity (Wildman–Crippen MR) is 104 cm³/mol. The van der Waals surface area contributed by atoms with Gasteiger partial charge in [-0.1, -0.05) is 0 Å². The van der Waals surface area contributed by atoms with Crippen LogP contribution in [0.1, 0.15) is 11.7 Å². The SMILES string of the molecule is O=c1cc(-c2ccc(O)cc2)oc2ccc([C@@H]3O[C@H](CO)[C@@H](O)[C@H](O)[C@H]3O)c(O)c12. The minimum Gasteiger partial charge on any atom is -0.508 e. The Morgan fingerprint density at radius 1 is 0.900 bits per heavy atom. The zero-order valence-electron chi connectivity index (χ0n) is 15.5. The average molecular weight is 416 g/mol. The van der Waals surface area contributed by atoms with Crippen LogP contribution < -0.4 is 5.43 Å². The van der Waals surface area contributed by atoms with Crippen LogP contribution in [0.4, 0.5) is 0 Å². The summed E-state index contributed by atoms with van der Waals surface area (Å²) in [6.07, 6.45) is -7.21. The van der Waals surface area contributed by atoms with Crippen molar-refractivity contribution < 1.29 is 39.8 Å². The lowest BCUT2D eigenvalue weighted by atomic mass is 9.90. The molecular weight excluding hydrogens is 396 g/mol. The van der Waals surface area contributed by atoms with Gasteiger partial charge >= 0.3 is 0 Å². The van der Waals surface area contributed by atoms with Crippen molar-refractivity contribution >= 4 is 11.0 Å². The number of aromatic hydroxyl groups is 2. The lowest BCUT2D eigenvalue weighted by molar-refractivity contribution is -0.232. The van der Waals surface area contributed by atoms with Crippen LogP contribution in [-0.2, 0) is 4.74 Å². The molecule has 158 valence electrons. The van der Waals surface area contributed by atoms with E-state index < -0.39 is 48.3 Å². The molecule has 30 heavy (non-hydrogen) atoms. The van der Waals surface area contributed by atoms with Crippen molar-refractivity contribution in [2.24, 2.45) is 0 Å². The van der Waals surface area contributed by atoms with Crippen molar-refractivity contribution in [1.29, 1.82) is 0 Å². The van der Waals surface area contributed by atoms with Crippen molar-refractivity contribution in [2.45, 2.75) is 30.5 Å². The van der Waals surface area contributed by atoms with Gasteiger partial charge in [0.15, 0.2) is 5.43 Å². The molecular formula is C21H20O9. The maximum atomic E-state index is 12.7. The summed E-state index contributed by atoms with van der Waals surface area (Å²) < 4.78 is 11.2. The molecule has 1 aromatic heterocycles. The minimum absolute atomic E-state index is 0.00378. The summed E-state index contributed by atoms with van der Waals surface area (Å²) in [6.45, 7) is -0.617. The lowest BCUT2D eigenvalue weighted by Crippen LogP contribution is -2.55. The first-order valence-electron chi connectivity index (χ1n) is 9.21. The Hall–Kier alpha value is -2.95. The Kier molecular flexibility index (Phi) is 5.22. The van der Waals surface area contributed by atoms with Crippen LogP contribution in [0.25, 0.3) is 22.3 Å². The molecule has 0 aliphatic carbocycles. The molecule has 0 spiro atoms. The molecule has 6 N–H and O–H groups in total. The van der Waals surface area contributed by atoms with Crippen molar-refractivity contribution in [1.82, 2.24) is 0 Å². The summed E-state index contributed by atoms with van der Waals surface area (Å²) in [6, 6.07) is 10.00. The zero-order valence-corrected chi connectivity index (χ0v) is 15.5. The van der Waals surface area contributed by atoms with Crippen molar-refractivity contribution in [3.05, 3.63) is 58.3 Å². The van der Waals surface area contributed by atoms with Crippen molar-refractivity contribution in [3.8, 4) is 22.8 Å². The van der Waals surface area contributed by atoms with Crippen molar-refractivity contribution in [3.63, 3.8) is 0 Å². The Morgan fingerprint density at radius 3 is 2.27 bits per heavy atom. The molecule has 0 amide bonds. The molecule has 4 rings (SSSR count). The van der Waals surface area contributed by atoms with E-state index in [1.54, 1.807) is 12.1 Å². The summed E-state index contributed by atoms with van der Waals surface area (Å²) in [5.74, 6) is -0.209. The molecule has 2 heterocycles. The van der Waals surface area contributed by atoms with Gasteiger partial charge in [0.1, 0.15) is 58.7 Å². The molecule has 1 aliphatic rings. The number of phenolic OH excluding ortho intramolecular Hbond substituents is 2. The molecule has 0 saturated carbocycles. The van der Waals surface area contributed by atoms with Crippen LogP contribution in [0.2, 0.25) is 0 Å². The summed E-state index contributed by atoms with van der Waals surface area (Å²) in [7, 11) is 0. The van der Waals surface area contributed by atoms with Gasteiger partial charge in [0, 0.05) is 17.2 Å². The predicted octanol–water partition coefficient (Wildman–Crippen LogP) is 0.386. The number of hydrogen-bond acceptors (Lipinski definition) is 9. The first-order chi connectivity index (χ1) is 14.3. The van der Waals surface area contributed by atoms with Gasteiger partial charge < -0.3 is 39.8 Å². The molecule has 5 atom stereocenters. The largest absolute Gasteiger partial charge is 0.508 e. The van der Waals surface area contributed by atoms with Gasteiger partial charge in [-0.05, 0) is 36.4 Å². The highest BCUT2D eigenvalue weighted by atomic mass is 16.5. The molecule has 1 aliphatic heterocycles. The number of rotatable bonds is 3. The number of aliphatic hydroxyl groups excluding tert-OH is 4. The Bertz CT molecular complexity index is 1120. The Balaban J connectivity index is 1.79. The van der Waals surface area contributed by atoms with E-state index in [9.17, 15) is 35.4 Å². The van der Waals surface area contributed by atoms with E-state index in [4.69, 9.17) is 9.15 Å². The van der Waals surface area contributed by atoms with Crippen LogP contribution in [0.5, 0.6) is 11.5 Å². The number of phenols is 2. The monoisotopic (exact) mass is 416 g/mol. The highest BCUT2D eigenvalue weighted by Gasteiger charge is 2.45. The molecule has 9 nitrogen and oxygen atoms in total. The van der Waals surface area contributed by atoms with Gasteiger partial charge in [-0.3, -0.25) is 4.79 Å². The van der Waals surface area contributed by atoms with Gasteiger partial charge in [-0.25, -0.2) is 0 Å². The van der Waals surface area contributed by atoms with E-state index in [0.29, 0.717) is 5.56 Å². The lowest BCUT2D eigenvalue weighted by Gasteiger charge is -2.40. The number of aliphatic hydroxyl groups is 4. The van der Waals surface area contributed by atoms with E-state index >= 15 is 0 Å². The molecule has 9 heteroatoms. The first kappa shape index (κ1) is 20.3. The van der Waals surface area contributed by atoms with E-state index in [1.165, 1.54) is 30.3 Å². The van der Waals surface area contributed by atoms with Crippen LogP contribution in [0, 0.1) is 0 Å². The molecule has 3 aromatic rings. The topological polar surface area (TPSA) is 161 Å². The van der Waals surface area contributed by atoms with Gasteiger partial charge in [-0.2, -0.15) is 0 Å². The second kappa shape index (κ2) is 7.71. The Morgan fingerprint density at radius 2 is 1.60 bits per heavy atom. The summed E-state index contributed by atoms with van der Waals surface area (Å²) in [4.78, 5) is 12.7. The van der Waals surface area contributed by atoms with E-state index in [1.807, 2.05) is 0 Å². The van der Waals surface area contributed by atoms with E-state index in [-0.39, 0.29) is 28.0 Å². The first-order valence-corrected chi connectivity index (χ1v) is 9.21. The molecule has 0 unspecified atom stereocenters. The van der Waals surface area contributed by atoms with Crippen molar-refractivity contribution in [2.75, 3.05) is 6.61 Å². The molecule has 0 bridgehead atoms. The summed E-state index contributed by atoms with van der Waals surface area (Å²) >= 11 is 0. The third-order valence-corrected chi connectivity index (χ3v) is 5.25. The third kappa shape index (κ3) is 3.32. The Labute approximate surface area is 169 Å². The fraction of sp³-hybridized carbons (Fsp3) is 0.286. The quantitative estimate of drug-likeness (QED) is 0.355. The summed E-state index contributed by atoms with van der Waals surface area (Å²) in [5, 5.41) is 59.6. The van der Waals surface area contributed by atoms with Gasteiger partial charge in [-0.15, -0.1) is 0 Å². The highest BCUT2D eigenvalue weighted by molar-refractivity contribution is 5.86. The fourth-order valence-electron chi connectivity index (χ4n) is 3.61. The van der Waals surface area contributed by atoms with Crippen LogP contribution in [0.3, 0.4) is 0 Å². The average Bonchev–Trinajstić information content (AvgIpc) is 2.73. The van der Waals surface area contributed by atoms with Crippen LogP contribution in [-0.4, -0.2) is 61.7 Å². The zero-order chi connectivity index (χ0) is 21.6. The van der Waals surface area contributed by atoms with Gasteiger partial charge in [0.2, 0.25) is 0 Å². The van der Waals surface area contributed by atoms with Gasteiger partial charge in [0.05, 0.1) is 6.61 Å². The minimum atomic E-state index is -1.62. The smallest absolute Gasteiger partial charge is 0.197 e. The number of benzene rings is 2. The summed E-state index contributed by atoms with van der Waals surface area (Å²) in [5.41, 5.74) is 0.0769. The second-order valence-corrected chi connectivity index (χ2v) is 7.15. The molecule has 0 radical (unpaired) electrons. The fourth-order valence-corrected chi connectivity index (χ4v) is 3.61. The maximum Gasteiger partial charge on any atom is 0.197 e. The second-order valence-electron chi connectivity index (χ2n) is 7.15. The molecule has 1 fully saturated rings. The number of hydrogen-bond donors (Lipinski definition) is 6. The van der Waals surface area contributed by atoms with E-state index in [0.717, 1.165) is 0 Å². The number of fused-ring (bicyclic) bond motifs is 1. The van der Waals surface area contributed by atoms with Crippen LogP contribution in [0.15, 0.2) is 51.7 Å². The van der Waals surface area contributed by atoms with E-state index in [2.05, 4.69) is 0 Å². The molecule has 2 aromatic carbocycles. The van der Waals surface area contributed by atoms with Gasteiger partial charge in [0.25, 0.3) is 0 Å². The standard InChI is InChI=1S/C21H20O9/c22-8-15-18(26)19(27)20(28)21(30-15)11-5-6-13-16(17(11)25)12(24)7-14(29-13)9-1-3-10(23)4-2-9/h1-7,15,18-23,25-28H,8H2/t15-,18-,19+,20-,21+/m1/s1. The maximum absolute atomic E-state index is 12.7. The normalized spacial score (nSPS) is 26.7. The third-order valence-electron chi connectivity index (χ3n) is 5.25. The highest BCUT2D eigenvalue weighted by Crippen LogP contribution is 2.39. The van der Waals surface area contributed by atoms with Crippen LogP contribution >= 0.6 is 0 Å².